The molecule has 31 heavy (non-hydrogen) atoms. The molecule has 0 aliphatic heterocycles. The average Bonchev–Trinajstić information content (AvgIpc) is 2.65. The molecular weight excluding hydrogens is 380 g/mol. The van der Waals surface area contributed by atoms with E-state index in [0.717, 1.165) is 38.5 Å². The minimum absolute atomic E-state index is 0.0252. The van der Waals surface area contributed by atoms with Crippen LogP contribution >= 0.6 is 0 Å². The van der Waals surface area contributed by atoms with E-state index in [1.54, 1.807) is 0 Å². The van der Waals surface area contributed by atoms with E-state index in [1.165, 1.54) is 24.0 Å². The molecule has 172 valence electrons. The first kappa shape index (κ1) is 21.9. The lowest BCUT2D eigenvalue weighted by molar-refractivity contribution is -0.196. The molecule has 0 heterocycles. The van der Waals surface area contributed by atoms with Crippen molar-refractivity contribution in [2.24, 2.45) is 44.8 Å². The van der Waals surface area contributed by atoms with Gasteiger partial charge >= 0.3 is 0 Å². The Morgan fingerprint density at radius 2 is 1.61 bits per heavy atom. The monoisotopic (exact) mass is 424 g/mol. The minimum atomic E-state index is -0.188. The highest BCUT2D eigenvalue weighted by Gasteiger charge is 2.67. The summed E-state index contributed by atoms with van der Waals surface area (Å²) in [4.78, 5) is 13.5. The molecule has 3 fully saturated rings. The van der Waals surface area contributed by atoms with Crippen molar-refractivity contribution in [2.45, 2.75) is 106 Å². The third-order valence-corrected chi connectivity index (χ3v) is 11.7. The van der Waals surface area contributed by atoms with Gasteiger partial charge in [-0.2, -0.15) is 0 Å². The lowest BCUT2D eigenvalue weighted by Gasteiger charge is -2.69. The van der Waals surface area contributed by atoms with Crippen LogP contribution in [0.3, 0.4) is 0 Å². The molecule has 7 atom stereocenters. The van der Waals surface area contributed by atoms with Crippen LogP contribution in [0.15, 0.2) is 23.3 Å². The standard InChI is InChI=1S/C29H44O2/c1-25(2)13-10-18-19(16-25)20-8-9-23-27(5)14-12-24(31)26(3,4)22(27)11-15-28(23,6)29(20,7)17-21(18)30/h8,16,18,22-24,31H,9-15,17H2,1-7H3/t18-,22-,23+,24-,27-,28+,29+/m0/s1. The van der Waals surface area contributed by atoms with Crippen LogP contribution in [0.5, 0.6) is 0 Å². The Morgan fingerprint density at radius 1 is 0.903 bits per heavy atom. The zero-order valence-corrected chi connectivity index (χ0v) is 21.0. The summed E-state index contributed by atoms with van der Waals surface area (Å²) >= 11 is 0. The first-order valence-corrected chi connectivity index (χ1v) is 12.9. The number of allylic oxidation sites excluding steroid dienone is 4. The van der Waals surface area contributed by atoms with Crippen molar-refractivity contribution in [3.63, 3.8) is 0 Å². The van der Waals surface area contributed by atoms with Gasteiger partial charge in [0.2, 0.25) is 0 Å². The van der Waals surface area contributed by atoms with E-state index in [9.17, 15) is 9.90 Å². The van der Waals surface area contributed by atoms with E-state index in [2.05, 4.69) is 60.6 Å². The number of rotatable bonds is 0. The van der Waals surface area contributed by atoms with Gasteiger partial charge in [-0.1, -0.05) is 60.6 Å². The fraction of sp³-hybridized carbons (Fsp3) is 0.828. The van der Waals surface area contributed by atoms with Crippen molar-refractivity contribution in [2.75, 3.05) is 0 Å². The minimum Gasteiger partial charge on any atom is -0.393 e. The zero-order chi connectivity index (χ0) is 22.6. The van der Waals surface area contributed by atoms with Crippen molar-refractivity contribution < 1.29 is 9.90 Å². The summed E-state index contributed by atoms with van der Waals surface area (Å²) in [5, 5.41) is 10.8. The molecule has 0 saturated heterocycles. The normalized spacial score (nSPS) is 50.3. The SMILES string of the molecule is CC1(C)C=C2C3=CC[C@@H]4[C@@]5(C)CC[C@H](O)C(C)(C)[C@@H]5CC[C@@]4(C)[C@]3(C)CC(=O)[C@H]2CC1. The van der Waals surface area contributed by atoms with Crippen molar-refractivity contribution in [1.29, 1.82) is 0 Å². The molecule has 0 aromatic carbocycles. The predicted octanol–water partition coefficient (Wildman–Crippen LogP) is 6.88. The maximum Gasteiger partial charge on any atom is 0.141 e. The smallest absolute Gasteiger partial charge is 0.141 e. The van der Waals surface area contributed by atoms with Crippen LogP contribution in [0.4, 0.5) is 0 Å². The van der Waals surface area contributed by atoms with Crippen LogP contribution in [0.2, 0.25) is 0 Å². The maximum atomic E-state index is 13.5. The summed E-state index contributed by atoms with van der Waals surface area (Å²) < 4.78 is 0. The number of aliphatic hydroxyl groups is 1. The topological polar surface area (TPSA) is 37.3 Å². The summed E-state index contributed by atoms with van der Waals surface area (Å²) in [5.41, 5.74) is 3.41. The molecule has 5 aliphatic carbocycles. The Labute approximate surface area is 190 Å². The molecule has 5 rings (SSSR count). The van der Waals surface area contributed by atoms with Gasteiger partial charge < -0.3 is 5.11 Å². The number of hydrogen-bond acceptors (Lipinski definition) is 2. The molecule has 0 unspecified atom stereocenters. The number of carbonyl (C=O) groups excluding carboxylic acids is 1. The van der Waals surface area contributed by atoms with Gasteiger partial charge in [-0.25, -0.2) is 0 Å². The molecule has 3 saturated carbocycles. The molecular formula is C29H44O2. The van der Waals surface area contributed by atoms with Crippen LogP contribution in [-0.4, -0.2) is 17.0 Å². The lowest BCUT2D eigenvalue weighted by Crippen LogP contribution is -2.63. The first-order valence-electron chi connectivity index (χ1n) is 12.9. The van der Waals surface area contributed by atoms with Crippen molar-refractivity contribution in [3.8, 4) is 0 Å². The highest BCUT2D eigenvalue weighted by Crippen LogP contribution is 2.73. The largest absolute Gasteiger partial charge is 0.393 e. The first-order chi connectivity index (χ1) is 14.3. The summed E-state index contributed by atoms with van der Waals surface area (Å²) in [7, 11) is 0. The van der Waals surface area contributed by atoms with Crippen molar-refractivity contribution in [1.82, 2.24) is 0 Å². The maximum absolute atomic E-state index is 13.5. The third kappa shape index (κ3) is 2.69. The predicted molar refractivity (Wildman–Crippen MR) is 126 cm³/mol. The molecule has 1 N–H and O–H groups in total. The number of ketones is 1. The number of hydrogen-bond donors (Lipinski definition) is 1. The van der Waals surface area contributed by atoms with Crippen LogP contribution in [0, 0.1) is 44.8 Å². The van der Waals surface area contributed by atoms with Crippen LogP contribution in [0.25, 0.3) is 0 Å². The summed E-state index contributed by atoms with van der Waals surface area (Å²) in [6.07, 6.45) is 13.3. The van der Waals surface area contributed by atoms with Crippen LogP contribution in [-0.2, 0) is 4.79 Å². The molecule has 0 aromatic heterocycles. The quantitative estimate of drug-likeness (QED) is 0.460. The molecule has 0 spiro atoms. The molecule has 0 aromatic rings. The Bertz CT molecular complexity index is 875. The molecule has 0 bridgehead atoms. The lowest BCUT2D eigenvalue weighted by atomic mass is 9.35. The third-order valence-electron chi connectivity index (χ3n) is 11.7. The number of fused-ring (bicyclic) bond motifs is 7. The Kier molecular flexibility index (Phi) is 4.50. The second kappa shape index (κ2) is 6.37. The van der Waals surface area contributed by atoms with Gasteiger partial charge in [0.15, 0.2) is 0 Å². The van der Waals surface area contributed by atoms with E-state index in [4.69, 9.17) is 0 Å². The van der Waals surface area contributed by atoms with Gasteiger partial charge in [0, 0.05) is 17.8 Å². The van der Waals surface area contributed by atoms with Gasteiger partial charge in [0.1, 0.15) is 5.78 Å². The van der Waals surface area contributed by atoms with Gasteiger partial charge in [-0.15, -0.1) is 0 Å². The second-order valence-corrected chi connectivity index (χ2v) is 14.0. The van der Waals surface area contributed by atoms with Gasteiger partial charge in [0.25, 0.3) is 0 Å². The van der Waals surface area contributed by atoms with Crippen LogP contribution < -0.4 is 0 Å². The molecule has 0 amide bonds. The zero-order valence-electron chi connectivity index (χ0n) is 21.0. The fourth-order valence-electron chi connectivity index (χ4n) is 9.57. The van der Waals surface area contributed by atoms with Crippen LogP contribution in [0.1, 0.15) is 99.8 Å². The molecule has 5 aliphatic rings. The van der Waals surface area contributed by atoms with E-state index < -0.39 is 0 Å². The van der Waals surface area contributed by atoms with Crippen molar-refractivity contribution >= 4 is 5.78 Å². The number of Topliss-reactive ketones (excluding diaryl/α,β-unsaturated/α-hetero) is 1. The average molecular weight is 425 g/mol. The highest BCUT2D eigenvalue weighted by atomic mass is 16.3. The number of aliphatic hydroxyl groups excluding tert-OH is 1. The molecule has 2 heteroatoms. The molecule has 0 radical (unpaired) electrons. The van der Waals surface area contributed by atoms with Gasteiger partial charge in [-0.3, -0.25) is 4.79 Å². The van der Waals surface area contributed by atoms with Gasteiger partial charge in [-0.05, 0) is 89.6 Å². The highest BCUT2D eigenvalue weighted by molar-refractivity contribution is 5.89. The summed E-state index contributed by atoms with van der Waals surface area (Å²) in [6, 6.07) is 0. The Balaban J connectivity index is 1.63. The van der Waals surface area contributed by atoms with E-state index in [1.807, 2.05) is 0 Å². The second-order valence-electron chi connectivity index (χ2n) is 14.0. The van der Waals surface area contributed by atoms with Crippen molar-refractivity contribution in [3.05, 3.63) is 23.3 Å². The van der Waals surface area contributed by atoms with E-state index in [0.29, 0.717) is 17.6 Å². The summed E-state index contributed by atoms with van der Waals surface area (Å²) in [6.45, 7) is 16.8. The summed E-state index contributed by atoms with van der Waals surface area (Å²) in [5.74, 6) is 1.78. The number of carbonyl (C=O) groups is 1. The molecule has 2 nitrogen and oxygen atoms in total. The fourth-order valence-corrected chi connectivity index (χ4v) is 9.57. The van der Waals surface area contributed by atoms with E-state index in [-0.39, 0.29) is 39.1 Å². The Morgan fingerprint density at radius 3 is 2.32 bits per heavy atom. The van der Waals surface area contributed by atoms with E-state index >= 15 is 0 Å². The Hall–Kier alpha value is -0.890. The van der Waals surface area contributed by atoms with Gasteiger partial charge in [0.05, 0.1) is 6.10 Å².